The lowest BCUT2D eigenvalue weighted by Gasteiger charge is -2.44. The van der Waals surface area contributed by atoms with Crippen LogP contribution in [-0.2, 0) is 52.3 Å². The van der Waals surface area contributed by atoms with Gasteiger partial charge in [-0.25, -0.2) is 14.4 Å². The van der Waals surface area contributed by atoms with E-state index in [0.717, 1.165) is 25.2 Å². The maximum Gasteiger partial charge on any atom is 0.331 e. The van der Waals surface area contributed by atoms with Gasteiger partial charge in [-0.05, 0) is 71.3 Å². The van der Waals surface area contributed by atoms with Gasteiger partial charge in [0, 0.05) is 25.2 Å². The van der Waals surface area contributed by atoms with Crippen molar-refractivity contribution in [1.29, 1.82) is 0 Å². The molecule has 0 spiro atoms. The number of carbonyl (C=O) groups is 4. The fourth-order valence-electron chi connectivity index (χ4n) is 6.39. The Morgan fingerprint density at radius 3 is 1.70 bits per heavy atom. The Hall–Kier alpha value is -6.52. The van der Waals surface area contributed by atoms with Gasteiger partial charge in [0.1, 0.15) is 43.4 Å². The van der Waals surface area contributed by atoms with Crippen molar-refractivity contribution in [2.75, 3.05) is 34.0 Å². The van der Waals surface area contributed by atoms with E-state index in [0.29, 0.717) is 16.7 Å². The van der Waals surface area contributed by atoms with Gasteiger partial charge in [-0.2, -0.15) is 0 Å². The van der Waals surface area contributed by atoms with Crippen LogP contribution in [0.5, 0.6) is 28.7 Å². The van der Waals surface area contributed by atoms with Crippen LogP contribution in [0.4, 0.5) is 0 Å². The van der Waals surface area contributed by atoms with Crippen LogP contribution in [0.15, 0.2) is 78.9 Å². The van der Waals surface area contributed by atoms with Crippen LogP contribution >= 0.6 is 0 Å². The lowest BCUT2D eigenvalue weighted by molar-refractivity contribution is -0.383. The third kappa shape index (κ3) is 12.1. The summed E-state index contributed by atoms with van der Waals surface area (Å²) >= 11 is 0. The van der Waals surface area contributed by atoms with Crippen molar-refractivity contribution in [2.45, 2.75) is 61.7 Å². The number of esters is 4. The number of ether oxygens (including phenoxy) is 9. The molecule has 2 aliphatic heterocycles. The van der Waals surface area contributed by atoms with Gasteiger partial charge in [0.05, 0.1) is 20.8 Å². The zero-order valence-corrected chi connectivity index (χ0v) is 33.9. The van der Waals surface area contributed by atoms with Crippen LogP contribution in [0.3, 0.4) is 0 Å². The van der Waals surface area contributed by atoms with E-state index < -0.39 is 98.5 Å². The summed E-state index contributed by atoms with van der Waals surface area (Å²) < 4.78 is 49.7. The molecule has 0 bridgehead atoms. The zero-order valence-electron chi connectivity index (χ0n) is 33.9. The largest absolute Gasteiger partial charge is 0.508 e. The van der Waals surface area contributed by atoms with Crippen molar-refractivity contribution >= 4 is 42.1 Å². The van der Waals surface area contributed by atoms with Gasteiger partial charge in [0.15, 0.2) is 47.6 Å². The topological polar surface area (TPSA) is 293 Å². The molecule has 20 heteroatoms. The molecule has 0 aromatic heterocycles. The van der Waals surface area contributed by atoms with Crippen molar-refractivity contribution in [3.8, 4) is 28.7 Å². The van der Waals surface area contributed by atoms with Crippen molar-refractivity contribution in [3.63, 3.8) is 0 Å². The number of hydrogen-bond acceptors (Lipinski definition) is 20. The predicted octanol–water partition coefficient (Wildman–Crippen LogP) is 1.10. The molecule has 20 nitrogen and oxygen atoms in total. The van der Waals surface area contributed by atoms with E-state index in [2.05, 4.69) is 0 Å². The first-order valence-electron chi connectivity index (χ1n) is 19.0. The molecule has 0 radical (unpaired) electrons. The first kappa shape index (κ1) is 47.5. The minimum absolute atomic E-state index is 0.0141. The van der Waals surface area contributed by atoms with Crippen LogP contribution in [0, 0.1) is 0 Å². The molecule has 9 atom stereocenters. The van der Waals surface area contributed by atoms with Gasteiger partial charge in [-0.3, -0.25) is 4.79 Å². The number of methoxy groups -OCH3 is 2. The van der Waals surface area contributed by atoms with Crippen LogP contribution < -0.4 is 9.47 Å². The second-order valence-corrected chi connectivity index (χ2v) is 13.9. The van der Waals surface area contributed by atoms with E-state index in [1.165, 1.54) is 93.1 Å². The fraction of sp³-hybridized carbons (Fsp3) is 0.349. The Morgan fingerprint density at radius 1 is 0.683 bits per heavy atom. The highest BCUT2D eigenvalue weighted by Crippen LogP contribution is 2.40. The highest BCUT2D eigenvalue weighted by atomic mass is 16.8. The lowest BCUT2D eigenvalue weighted by atomic mass is 9.98. The van der Waals surface area contributed by atoms with Crippen LogP contribution in [0.25, 0.3) is 18.2 Å². The maximum absolute atomic E-state index is 13.5. The second kappa shape index (κ2) is 21.5. The smallest absolute Gasteiger partial charge is 0.331 e. The molecular weight excluding hydrogens is 836 g/mol. The molecule has 0 unspecified atom stereocenters. The zero-order chi connectivity index (χ0) is 45.8. The summed E-state index contributed by atoms with van der Waals surface area (Å²) in [5, 5.41) is 73.4. The molecule has 7 N–H and O–H groups in total. The summed E-state index contributed by atoms with van der Waals surface area (Å²) in [6.07, 6.45) is -8.04. The third-order valence-electron chi connectivity index (χ3n) is 9.54. The van der Waals surface area contributed by atoms with E-state index in [9.17, 15) is 54.9 Å². The van der Waals surface area contributed by atoms with Gasteiger partial charge >= 0.3 is 23.9 Å². The Balaban J connectivity index is 1.44. The lowest BCUT2D eigenvalue weighted by Crippen LogP contribution is -2.64. The molecule has 3 aromatic carbocycles. The first-order valence-corrected chi connectivity index (χ1v) is 19.0. The van der Waals surface area contributed by atoms with Crippen LogP contribution in [0.1, 0.15) is 23.6 Å². The molecule has 2 fully saturated rings. The van der Waals surface area contributed by atoms with E-state index in [1.807, 2.05) is 0 Å². The Morgan fingerprint density at radius 2 is 1.19 bits per heavy atom. The minimum atomic E-state index is -2.65. The SMILES string of the molecule is COc1cc(/C=C/C(=O)O[C@@H]2[C@@H](CO)O[C@@](CO)(O[C@H]3O[C@H](COC(C)=O)[C@@H](OC(=O)/C=C/c4ccc(O)cc4)[C@H](O)[C@H]3O)[C@H]2OC(=O)/C=C/c2ccc(O)c(OC)c2)ccc1O. The number of rotatable bonds is 17. The van der Waals surface area contributed by atoms with Gasteiger partial charge in [-0.1, -0.05) is 24.3 Å². The highest BCUT2D eigenvalue weighted by molar-refractivity contribution is 5.89. The van der Waals surface area contributed by atoms with E-state index in [4.69, 9.17) is 42.6 Å². The fourth-order valence-corrected chi connectivity index (χ4v) is 6.39. The summed E-state index contributed by atoms with van der Waals surface area (Å²) in [4.78, 5) is 51.5. The molecule has 2 saturated heterocycles. The van der Waals surface area contributed by atoms with Gasteiger partial charge in [0.25, 0.3) is 0 Å². The number of phenols is 3. The summed E-state index contributed by atoms with van der Waals surface area (Å²) in [6, 6.07) is 14.1. The molecule has 2 heterocycles. The Labute approximate surface area is 359 Å². The summed E-state index contributed by atoms with van der Waals surface area (Å²) in [7, 11) is 2.64. The highest BCUT2D eigenvalue weighted by Gasteiger charge is 2.63. The minimum Gasteiger partial charge on any atom is -0.508 e. The van der Waals surface area contributed by atoms with Crippen molar-refractivity contribution in [3.05, 3.63) is 95.6 Å². The number of aromatic hydroxyl groups is 3. The number of aliphatic hydroxyl groups excluding tert-OH is 4. The molecular formula is C43H46O20. The molecule has 63 heavy (non-hydrogen) atoms. The molecule has 338 valence electrons. The van der Waals surface area contributed by atoms with Crippen molar-refractivity contribution < 1.29 is 97.6 Å². The Kier molecular flexibility index (Phi) is 16.2. The number of aliphatic hydroxyl groups is 4. The van der Waals surface area contributed by atoms with E-state index in [-0.39, 0.29) is 28.7 Å². The van der Waals surface area contributed by atoms with E-state index >= 15 is 0 Å². The first-order chi connectivity index (χ1) is 30.1. The molecule has 3 aromatic rings. The molecule has 5 rings (SSSR count). The molecule has 0 amide bonds. The van der Waals surface area contributed by atoms with Crippen molar-refractivity contribution in [2.24, 2.45) is 0 Å². The van der Waals surface area contributed by atoms with Gasteiger partial charge < -0.3 is 78.4 Å². The van der Waals surface area contributed by atoms with Crippen LogP contribution in [0.2, 0.25) is 0 Å². The average molecular weight is 883 g/mol. The standard InChI is InChI=1S/C43H46O20/c1-23(46)57-21-33-39(59-34(50)15-8-24-4-11-27(47)12-5-24)37(53)38(54)42(58-33)63-43(22-45)41(61-36(52)17-10-26-7-14-29(49)31(19-26)56-3)40(32(20-44)62-43)60-35(51)16-9-25-6-13-28(48)30(18-25)55-2/h4-19,32-33,37-42,44-45,47-49,53-54H,20-22H2,1-3H3/b15-8+,16-9+,17-10+/t32-,33-,37-,38-,39-,40-,41+,42-,43+/m1/s1. The quantitative estimate of drug-likeness (QED) is 0.0567. The Bertz CT molecular complexity index is 2170. The molecule has 2 aliphatic rings. The van der Waals surface area contributed by atoms with Gasteiger partial charge in [0.2, 0.25) is 5.79 Å². The third-order valence-corrected chi connectivity index (χ3v) is 9.54. The molecule has 0 saturated carbocycles. The van der Waals surface area contributed by atoms with Crippen LogP contribution in [-0.4, -0.2) is 148 Å². The average Bonchev–Trinajstić information content (AvgIpc) is 3.55. The number of benzene rings is 3. The summed E-state index contributed by atoms with van der Waals surface area (Å²) in [5.41, 5.74) is 1.24. The second-order valence-electron chi connectivity index (χ2n) is 13.9. The summed E-state index contributed by atoms with van der Waals surface area (Å²) in [5.74, 6) is -6.87. The van der Waals surface area contributed by atoms with Crippen molar-refractivity contribution in [1.82, 2.24) is 0 Å². The van der Waals surface area contributed by atoms with Gasteiger partial charge in [-0.15, -0.1) is 0 Å². The number of carbonyl (C=O) groups excluding carboxylic acids is 4. The predicted molar refractivity (Wildman–Crippen MR) is 214 cm³/mol. The maximum atomic E-state index is 13.5. The monoisotopic (exact) mass is 882 g/mol. The summed E-state index contributed by atoms with van der Waals surface area (Å²) in [6.45, 7) is -1.78. The number of hydrogen-bond donors (Lipinski definition) is 7. The normalized spacial score (nSPS) is 25.8. The number of phenolic OH excluding ortho intramolecular Hbond substituents is 3. The molecule has 0 aliphatic carbocycles. The van der Waals surface area contributed by atoms with E-state index in [1.54, 1.807) is 0 Å².